The van der Waals surface area contributed by atoms with E-state index >= 15 is 0 Å². The average Bonchev–Trinajstić information content (AvgIpc) is 1.98. The lowest BCUT2D eigenvalue weighted by molar-refractivity contribution is 0.200. The van der Waals surface area contributed by atoms with Crippen molar-refractivity contribution in [2.24, 2.45) is 0 Å². The lowest BCUT2D eigenvalue weighted by Gasteiger charge is -2.09. The largest absolute Gasteiger partial charge is 0.389 e. The van der Waals surface area contributed by atoms with Gasteiger partial charge in [0, 0.05) is 0 Å². The van der Waals surface area contributed by atoms with Crippen molar-refractivity contribution in [1.29, 1.82) is 0 Å². The third-order valence-electron chi connectivity index (χ3n) is 1.69. The Kier molecular flexibility index (Phi) is 4.88. The first-order chi connectivity index (χ1) is 5.07. The molecule has 0 rings (SSSR count). The van der Waals surface area contributed by atoms with Gasteiger partial charge in [-0.25, -0.2) is 0 Å². The van der Waals surface area contributed by atoms with Gasteiger partial charge in [-0.2, -0.15) is 0 Å². The standard InChI is InChI=1S/C10H17O/c1-5-9(4)10(11)7-6-8(2)3/h5,10-11H,1-2,6-7H2,3-4H3. The molecule has 0 saturated carbocycles. The van der Waals surface area contributed by atoms with Crippen LogP contribution in [-0.2, 0) is 0 Å². The molecule has 0 aromatic heterocycles. The van der Waals surface area contributed by atoms with Gasteiger partial charge in [0.2, 0.25) is 0 Å². The van der Waals surface area contributed by atoms with Crippen LogP contribution in [0.25, 0.3) is 0 Å². The van der Waals surface area contributed by atoms with Crippen LogP contribution in [-0.4, -0.2) is 11.2 Å². The van der Waals surface area contributed by atoms with Crippen molar-refractivity contribution in [3.05, 3.63) is 30.7 Å². The summed E-state index contributed by atoms with van der Waals surface area (Å²) in [6, 6.07) is 0. The van der Waals surface area contributed by atoms with E-state index in [1.54, 1.807) is 6.08 Å². The molecule has 1 N–H and O–H groups in total. The lowest BCUT2D eigenvalue weighted by Crippen LogP contribution is -2.07. The molecule has 1 unspecified atom stereocenters. The highest BCUT2D eigenvalue weighted by atomic mass is 16.3. The van der Waals surface area contributed by atoms with Crippen molar-refractivity contribution < 1.29 is 5.11 Å². The van der Waals surface area contributed by atoms with Gasteiger partial charge in [-0.1, -0.05) is 11.6 Å². The fourth-order valence-corrected chi connectivity index (χ4v) is 0.747. The quantitative estimate of drug-likeness (QED) is 0.615. The van der Waals surface area contributed by atoms with Crippen LogP contribution in [0.1, 0.15) is 26.7 Å². The zero-order valence-corrected chi connectivity index (χ0v) is 7.43. The second-order valence-corrected chi connectivity index (χ2v) is 2.96. The van der Waals surface area contributed by atoms with Crippen LogP contribution in [0.5, 0.6) is 0 Å². The van der Waals surface area contributed by atoms with Crippen molar-refractivity contribution in [3.8, 4) is 0 Å². The van der Waals surface area contributed by atoms with Gasteiger partial charge in [-0.05, 0) is 39.2 Å². The number of rotatable bonds is 4. The maximum absolute atomic E-state index is 9.42. The minimum atomic E-state index is -0.343. The maximum atomic E-state index is 9.42. The van der Waals surface area contributed by atoms with Crippen LogP contribution in [0.2, 0.25) is 0 Å². The van der Waals surface area contributed by atoms with Crippen molar-refractivity contribution >= 4 is 0 Å². The normalized spacial score (nSPS) is 14.7. The van der Waals surface area contributed by atoms with E-state index < -0.39 is 0 Å². The van der Waals surface area contributed by atoms with Gasteiger partial charge in [-0.3, -0.25) is 0 Å². The van der Waals surface area contributed by atoms with Gasteiger partial charge in [0.15, 0.2) is 0 Å². The van der Waals surface area contributed by atoms with E-state index in [1.165, 1.54) is 0 Å². The van der Waals surface area contributed by atoms with Crippen LogP contribution < -0.4 is 0 Å². The smallest absolute Gasteiger partial charge is 0.0750 e. The van der Waals surface area contributed by atoms with Crippen LogP contribution in [0.3, 0.4) is 0 Å². The molecule has 0 amide bonds. The molecule has 1 heteroatoms. The minimum absolute atomic E-state index is 0.343. The van der Waals surface area contributed by atoms with Gasteiger partial charge >= 0.3 is 0 Å². The van der Waals surface area contributed by atoms with Crippen molar-refractivity contribution in [2.45, 2.75) is 32.8 Å². The third-order valence-corrected chi connectivity index (χ3v) is 1.69. The van der Waals surface area contributed by atoms with Gasteiger partial charge in [0.05, 0.1) is 6.10 Å². The van der Waals surface area contributed by atoms with E-state index in [2.05, 4.69) is 13.5 Å². The van der Waals surface area contributed by atoms with E-state index in [1.807, 2.05) is 13.8 Å². The summed E-state index contributed by atoms with van der Waals surface area (Å²) >= 11 is 0. The summed E-state index contributed by atoms with van der Waals surface area (Å²) in [4.78, 5) is 0. The Morgan fingerprint density at radius 1 is 1.55 bits per heavy atom. The fourth-order valence-electron chi connectivity index (χ4n) is 0.747. The van der Waals surface area contributed by atoms with Crippen LogP contribution >= 0.6 is 0 Å². The van der Waals surface area contributed by atoms with Gasteiger partial charge in [0.25, 0.3) is 0 Å². The second-order valence-electron chi connectivity index (χ2n) is 2.96. The van der Waals surface area contributed by atoms with E-state index in [4.69, 9.17) is 0 Å². The van der Waals surface area contributed by atoms with Crippen LogP contribution in [0.15, 0.2) is 23.8 Å². The molecule has 0 spiro atoms. The molecule has 1 radical (unpaired) electrons. The molecule has 0 aliphatic carbocycles. The molecule has 0 fully saturated rings. The third kappa shape index (κ3) is 4.79. The number of allylic oxidation sites excluding steroid dienone is 2. The summed E-state index contributed by atoms with van der Waals surface area (Å²) in [6.07, 6.45) is 2.99. The highest BCUT2D eigenvalue weighted by Gasteiger charge is 2.04. The molecule has 0 bridgehead atoms. The maximum Gasteiger partial charge on any atom is 0.0750 e. The van der Waals surface area contributed by atoms with Gasteiger partial charge in [0.1, 0.15) is 0 Å². The minimum Gasteiger partial charge on any atom is -0.389 e. The Bertz CT molecular complexity index is 156. The zero-order chi connectivity index (χ0) is 8.85. The van der Waals surface area contributed by atoms with Gasteiger partial charge in [-0.15, -0.1) is 6.58 Å². The van der Waals surface area contributed by atoms with E-state index in [9.17, 15) is 5.11 Å². The summed E-state index contributed by atoms with van der Waals surface area (Å²) in [5.41, 5.74) is 2.05. The molecule has 0 saturated heterocycles. The molecule has 0 heterocycles. The molecule has 0 aliphatic heterocycles. The summed E-state index contributed by atoms with van der Waals surface area (Å²) in [5.74, 6) is 0. The first kappa shape index (κ1) is 10.4. The van der Waals surface area contributed by atoms with Gasteiger partial charge < -0.3 is 5.11 Å². The topological polar surface area (TPSA) is 20.2 Å². The van der Waals surface area contributed by atoms with Crippen molar-refractivity contribution in [3.63, 3.8) is 0 Å². The molecule has 1 nitrogen and oxygen atoms in total. The first-order valence-electron chi connectivity index (χ1n) is 3.86. The fraction of sp³-hybridized carbons (Fsp3) is 0.500. The molecule has 0 aliphatic rings. The summed E-state index contributed by atoms with van der Waals surface area (Å²) < 4.78 is 0. The van der Waals surface area contributed by atoms with Crippen molar-refractivity contribution in [2.75, 3.05) is 0 Å². The monoisotopic (exact) mass is 153 g/mol. The Labute approximate surface area is 69.4 Å². The van der Waals surface area contributed by atoms with E-state index in [0.717, 1.165) is 24.0 Å². The Morgan fingerprint density at radius 2 is 2.09 bits per heavy atom. The Morgan fingerprint density at radius 3 is 2.45 bits per heavy atom. The highest BCUT2D eigenvalue weighted by Crippen LogP contribution is 2.10. The molecule has 63 valence electrons. The SMILES string of the molecule is [CH2]C=C(C)C(O)CCC(=C)C. The average molecular weight is 153 g/mol. The zero-order valence-electron chi connectivity index (χ0n) is 7.43. The molecular formula is C10H17O. The molecule has 1 atom stereocenters. The number of hydrogen-bond acceptors (Lipinski definition) is 1. The number of aliphatic hydroxyl groups excluding tert-OH is 1. The first-order valence-corrected chi connectivity index (χ1v) is 3.86. The van der Waals surface area contributed by atoms with E-state index in [0.29, 0.717) is 0 Å². The lowest BCUT2D eigenvalue weighted by atomic mass is 10.0. The molecule has 11 heavy (non-hydrogen) atoms. The Hall–Kier alpha value is -0.560. The van der Waals surface area contributed by atoms with Crippen LogP contribution in [0, 0.1) is 6.92 Å². The highest BCUT2D eigenvalue weighted by molar-refractivity contribution is 5.06. The summed E-state index contributed by atoms with van der Waals surface area (Å²) in [6.45, 7) is 11.2. The summed E-state index contributed by atoms with van der Waals surface area (Å²) in [7, 11) is 0. The summed E-state index contributed by atoms with van der Waals surface area (Å²) in [5, 5.41) is 9.42. The van der Waals surface area contributed by atoms with Crippen molar-refractivity contribution in [1.82, 2.24) is 0 Å². The second kappa shape index (κ2) is 5.14. The number of hydrogen-bond donors (Lipinski definition) is 1. The van der Waals surface area contributed by atoms with E-state index in [-0.39, 0.29) is 6.10 Å². The molecule has 0 aromatic rings. The Balaban J connectivity index is 3.69. The number of aliphatic hydroxyl groups is 1. The molecular weight excluding hydrogens is 136 g/mol. The molecule has 0 aromatic carbocycles. The predicted molar refractivity (Wildman–Crippen MR) is 49.2 cm³/mol. The predicted octanol–water partition coefficient (Wildman–Crippen LogP) is 2.48. The van der Waals surface area contributed by atoms with Crippen LogP contribution in [0.4, 0.5) is 0 Å².